The number of benzene rings is 2. The van der Waals surface area contributed by atoms with Crippen LogP contribution in [0.25, 0.3) is 11.3 Å². The van der Waals surface area contributed by atoms with E-state index in [-0.39, 0.29) is 11.2 Å². The number of ether oxygens (including phenoxy) is 1. The van der Waals surface area contributed by atoms with E-state index in [1.54, 1.807) is 16.9 Å². The van der Waals surface area contributed by atoms with E-state index < -0.39 is 6.36 Å². The molecule has 6 rings (SSSR count). The third-order valence-corrected chi connectivity index (χ3v) is 9.44. The first kappa shape index (κ1) is 25.9. The number of rotatable bonds is 6. The van der Waals surface area contributed by atoms with Gasteiger partial charge in [-0.1, -0.05) is 18.2 Å². The van der Waals surface area contributed by atoms with Crippen LogP contribution in [0.2, 0.25) is 0 Å². The predicted molar refractivity (Wildman–Crippen MR) is 138 cm³/mol. The molecule has 6 nitrogen and oxygen atoms in total. The first-order chi connectivity index (χ1) is 18.6. The first-order valence-electron chi connectivity index (χ1n) is 13.7. The number of phenolic OH excluding ortho intramolecular Hbond substituents is 1. The fourth-order valence-electron chi connectivity index (χ4n) is 7.78. The lowest BCUT2D eigenvalue weighted by atomic mass is 9.54. The maximum absolute atomic E-state index is 13.3. The Morgan fingerprint density at radius 3 is 2.72 bits per heavy atom. The van der Waals surface area contributed by atoms with Gasteiger partial charge in [0.2, 0.25) is 0 Å². The molecule has 0 unspecified atom stereocenters. The molecular formula is C30H32F3N3O3. The van der Waals surface area contributed by atoms with Gasteiger partial charge in [0.05, 0.1) is 6.20 Å². The Morgan fingerprint density at radius 1 is 1.15 bits per heavy atom. The molecule has 2 aromatic carbocycles. The van der Waals surface area contributed by atoms with Gasteiger partial charge in [0.1, 0.15) is 23.0 Å². The topological polar surface area (TPSA) is 77.2 Å². The van der Waals surface area contributed by atoms with Gasteiger partial charge in [-0.25, -0.2) is 0 Å². The first-order valence-corrected chi connectivity index (χ1v) is 13.7. The minimum absolute atomic E-state index is 0.247. The largest absolute Gasteiger partial charge is 0.573 e. The van der Waals surface area contributed by atoms with Crippen molar-refractivity contribution in [2.24, 2.45) is 23.2 Å². The van der Waals surface area contributed by atoms with E-state index in [0.29, 0.717) is 59.4 Å². The Balaban J connectivity index is 1.11. The van der Waals surface area contributed by atoms with E-state index in [0.717, 1.165) is 38.5 Å². The maximum atomic E-state index is 13.3. The molecule has 1 aromatic heterocycles. The van der Waals surface area contributed by atoms with E-state index in [1.165, 1.54) is 35.4 Å². The van der Waals surface area contributed by atoms with Crippen molar-refractivity contribution in [3.05, 3.63) is 59.8 Å². The molecule has 0 amide bonds. The number of aromatic nitrogens is 3. The number of aryl methyl sites for hydroxylation is 2. The summed E-state index contributed by atoms with van der Waals surface area (Å²) in [6.07, 6.45) is 3.48. The number of carbonyl (C=O) groups excluding carboxylic acids is 1. The molecule has 0 radical (unpaired) electrons. The number of halogens is 3. The second-order valence-electron chi connectivity index (χ2n) is 11.6. The number of hydrogen-bond acceptors (Lipinski definition) is 5. The second kappa shape index (κ2) is 9.68. The summed E-state index contributed by atoms with van der Waals surface area (Å²) in [6, 6.07) is 11.4. The fourth-order valence-corrected chi connectivity index (χ4v) is 7.78. The number of carbonyl (C=O) groups is 1. The summed E-state index contributed by atoms with van der Waals surface area (Å²) in [6.45, 7) is 2.85. The van der Waals surface area contributed by atoms with Gasteiger partial charge >= 0.3 is 6.36 Å². The smallest absolute Gasteiger partial charge is 0.508 e. The van der Waals surface area contributed by atoms with Crippen molar-refractivity contribution in [3.8, 4) is 22.8 Å². The third-order valence-electron chi connectivity index (χ3n) is 9.44. The number of hydrogen-bond donors (Lipinski definition) is 1. The van der Waals surface area contributed by atoms with Crippen molar-refractivity contribution in [2.45, 2.75) is 70.7 Å². The Kier molecular flexibility index (Phi) is 6.43. The molecular weight excluding hydrogens is 507 g/mol. The molecule has 0 saturated heterocycles. The SMILES string of the molecule is C[C@]12CC[C@@H]3c4ccc(O)cc4CC[C@H]3[C@@H]1[C@H](CCCn1cc(-c3ccc(OC(F)(F)F)cc3)nn1)CC2=O. The molecule has 1 N–H and O–H groups in total. The van der Waals surface area contributed by atoms with E-state index in [2.05, 4.69) is 28.0 Å². The molecule has 9 heteroatoms. The van der Waals surface area contributed by atoms with Crippen molar-refractivity contribution in [1.82, 2.24) is 15.0 Å². The summed E-state index contributed by atoms with van der Waals surface area (Å²) in [5.74, 6) is 2.11. The van der Waals surface area contributed by atoms with Crippen LogP contribution in [0.1, 0.15) is 62.5 Å². The molecule has 3 aliphatic carbocycles. The van der Waals surface area contributed by atoms with Crippen LogP contribution < -0.4 is 4.74 Å². The number of Topliss-reactive ketones (excluding diaryl/α,β-unsaturated/α-hetero) is 1. The van der Waals surface area contributed by atoms with Gasteiger partial charge in [0.15, 0.2) is 0 Å². The van der Waals surface area contributed by atoms with Crippen LogP contribution in [0, 0.1) is 23.2 Å². The van der Waals surface area contributed by atoms with Crippen LogP contribution >= 0.6 is 0 Å². The monoisotopic (exact) mass is 539 g/mol. The van der Waals surface area contributed by atoms with Gasteiger partial charge in [-0.05, 0) is 110 Å². The van der Waals surface area contributed by atoms with Crippen LogP contribution in [0.15, 0.2) is 48.7 Å². The van der Waals surface area contributed by atoms with Gasteiger partial charge in [-0.2, -0.15) is 0 Å². The molecule has 3 aromatic rings. The summed E-state index contributed by atoms with van der Waals surface area (Å²) in [4.78, 5) is 13.3. The number of phenols is 1. The van der Waals surface area contributed by atoms with Crippen molar-refractivity contribution in [1.29, 1.82) is 0 Å². The summed E-state index contributed by atoms with van der Waals surface area (Å²) >= 11 is 0. The van der Waals surface area contributed by atoms with Crippen LogP contribution in [0.4, 0.5) is 13.2 Å². The highest BCUT2D eigenvalue weighted by atomic mass is 19.4. The van der Waals surface area contributed by atoms with Crippen LogP contribution in [-0.2, 0) is 17.8 Å². The lowest BCUT2D eigenvalue weighted by molar-refractivity contribution is -0.274. The average molecular weight is 540 g/mol. The quantitative estimate of drug-likeness (QED) is 0.378. The minimum Gasteiger partial charge on any atom is -0.508 e. The zero-order chi connectivity index (χ0) is 27.4. The highest BCUT2D eigenvalue weighted by Crippen LogP contribution is 2.62. The van der Waals surface area contributed by atoms with Crippen LogP contribution in [-0.4, -0.2) is 32.2 Å². The molecule has 1 heterocycles. The van der Waals surface area contributed by atoms with Gasteiger partial charge in [-0.3, -0.25) is 9.48 Å². The zero-order valence-electron chi connectivity index (χ0n) is 21.8. The summed E-state index contributed by atoms with van der Waals surface area (Å²) in [7, 11) is 0. The lowest BCUT2D eigenvalue weighted by Gasteiger charge is -2.50. The third kappa shape index (κ3) is 4.92. The van der Waals surface area contributed by atoms with Crippen LogP contribution in [0.3, 0.4) is 0 Å². The fraction of sp³-hybridized carbons (Fsp3) is 0.500. The zero-order valence-corrected chi connectivity index (χ0v) is 21.8. The summed E-state index contributed by atoms with van der Waals surface area (Å²) in [5, 5.41) is 18.4. The van der Waals surface area contributed by atoms with Crippen LogP contribution in [0.5, 0.6) is 11.5 Å². The molecule has 2 saturated carbocycles. The number of nitrogens with zero attached hydrogens (tertiary/aromatic N) is 3. The second-order valence-corrected chi connectivity index (χ2v) is 11.6. The van der Waals surface area contributed by atoms with Crippen molar-refractivity contribution in [2.75, 3.05) is 0 Å². The van der Waals surface area contributed by atoms with E-state index in [4.69, 9.17) is 0 Å². The van der Waals surface area contributed by atoms with E-state index >= 15 is 0 Å². The molecule has 0 bridgehead atoms. The molecule has 2 fully saturated rings. The molecule has 206 valence electrons. The normalized spacial score (nSPS) is 28.1. The Hall–Kier alpha value is -3.36. The van der Waals surface area contributed by atoms with E-state index in [1.807, 2.05) is 6.07 Å². The summed E-state index contributed by atoms with van der Waals surface area (Å²) < 4.78 is 42.9. The highest BCUT2D eigenvalue weighted by molar-refractivity contribution is 5.87. The standard InChI is InChI=1S/C30H32F3N3O3/c1-29-13-12-24-23-11-7-21(37)15-19(23)6-10-25(24)28(29)20(16-27(29)38)3-2-14-36-17-26(34-35-36)18-4-8-22(9-5-18)39-30(31,32)33/h4-5,7-9,11,15,17,20,24-25,28,37H,2-3,6,10,12-14,16H2,1H3/t20-,24-,25-,28+,29-/m1/s1. The Morgan fingerprint density at radius 2 is 1.95 bits per heavy atom. The van der Waals surface area contributed by atoms with Gasteiger partial charge in [-0.15, -0.1) is 18.3 Å². The van der Waals surface area contributed by atoms with E-state index in [9.17, 15) is 23.1 Å². The Labute approximate surface area is 225 Å². The van der Waals surface area contributed by atoms with Gasteiger partial charge in [0.25, 0.3) is 0 Å². The number of fused-ring (bicyclic) bond motifs is 5. The number of ketones is 1. The van der Waals surface area contributed by atoms with Crippen molar-refractivity contribution in [3.63, 3.8) is 0 Å². The highest BCUT2D eigenvalue weighted by Gasteiger charge is 2.58. The number of aromatic hydroxyl groups is 1. The average Bonchev–Trinajstić information content (AvgIpc) is 3.45. The summed E-state index contributed by atoms with van der Waals surface area (Å²) in [5.41, 5.74) is 3.61. The van der Waals surface area contributed by atoms with Crippen molar-refractivity contribution >= 4 is 5.78 Å². The molecule has 0 aliphatic heterocycles. The molecule has 39 heavy (non-hydrogen) atoms. The number of alkyl halides is 3. The maximum Gasteiger partial charge on any atom is 0.573 e. The minimum atomic E-state index is -4.73. The predicted octanol–water partition coefficient (Wildman–Crippen LogP) is 6.68. The molecule has 5 atom stereocenters. The Bertz CT molecular complexity index is 1370. The van der Waals surface area contributed by atoms with Gasteiger partial charge < -0.3 is 9.84 Å². The van der Waals surface area contributed by atoms with Crippen molar-refractivity contribution < 1.29 is 27.8 Å². The van der Waals surface area contributed by atoms with Gasteiger partial charge in [0, 0.05) is 23.9 Å². The lowest BCUT2D eigenvalue weighted by Crippen LogP contribution is -2.44. The molecule has 0 spiro atoms. The molecule has 3 aliphatic rings.